The molecule has 0 aliphatic rings. The fraction of sp³-hybridized carbons (Fsp3) is 0.412. The monoisotopic (exact) mass is 544 g/mol. The molecule has 3 N–H and O–H groups in total. The maximum atomic E-state index is 12.1. The van der Waals surface area contributed by atoms with Crippen molar-refractivity contribution in [3.63, 3.8) is 0 Å². The summed E-state index contributed by atoms with van der Waals surface area (Å²) in [6, 6.07) is 7.32. The smallest absolute Gasteiger partial charge is 0.329 e. The Morgan fingerprint density at radius 2 is 1.96 bits per heavy atom. The van der Waals surface area contributed by atoms with Gasteiger partial charge in [0.15, 0.2) is 0 Å². The number of aryl methyl sites for hydroxylation is 2. The summed E-state index contributed by atoms with van der Waals surface area (Å²) in [5.41, 5.74) is 2.47. The van der Waals surface area contributed by atoms with Crippen LogP contribution in [0.2, 0.25) is 0 Å². The number of nitrogens with zero attached hydrogens (tertiary/aromatic N) is 1. The molecule has 0 aliphatic carbocycles. The van der Waals surface area contributed by atoms with Crippen molar-refractivity contribution in [2.45, 2.75) is 39.7 Å². The predicted octanol–water partition coefficient (Wildman–Crippen LogP) is 1.92. The molecule has 0 bridgehead atoms. The molecule has 1 heterocycles. The van der Waals surface area contributed by atoms with Gasteiger partial charge in [-0.2, -0.15) is 0 Å². The van der Waals surface area contributed by atoms with E-state index < -0.39 is 5.69 Å². The quantitative estimate of drug-likeness (QED) is 0.466. The number of aromatic nitrogens is 2. The van der Waals surface area contributed by atoms with Gasteiger partial charge in [-0.3, -0.25) is 14.3 Å². The van der Waals surface area contributed by atoms with Crippen molar-refractivity contribution in [1.29, 1.82) is 0 Å². The average molecular weight is 544 g/mol. The summed E-state index contributed by atoms with van der Waals surface area (Å²) >= 11 is 0. The first-order valence-corrected chi connectivity index (χ1v) is 7.86. The number of anilines is 2. The van der Waals surface area contributed by atoms with Crippen LogP contribution in [-0.4, -0.2) is 21.3 Å². The largest absolute Gasteiger partial charge is 0.396 e. The van der Waals surface area contributed by atoms with Gasteiger partial charge in [0.1, 0.15) is 5.82 Å². The van der Waals surface area contributed by atoms with Gasteiger partial charge in [-0.1, -0.05) is 13.0 Å². The molecule has 7 heteroatoms. The summed E-state index contributed by atoms with van der Waals surface area (Å²) in [6.07, 6.45) is 2.07. The average Bonchev–Trinajstić information content (AvgIpc) is 2.52. The van der Waals surface area contributed by atoms with Gasteiger partial charge in [0.25, 0.3) is 5.56 Å². The third-order valence-electron chi connectivity index (χ3n) is 3.82. The predicted molar refractivity (Wildman–Crippen MR) is 91.5 cm³/mol. The zero-order chi connectivity index (χ0) is 16.8. The molecule has 0 spiro atoms. The second kappa shape index (κ2) is 10.2. The molecule has 0 aliphatic heterocycles. The van der Waals surface area contributed by atoms with Crippen molar-refractivity contribution >= 4 is 11.5 Å². The summed E-state index contributed by atoms with van der Waals surface area (Å²) < 4.78 is 1.15. The topological polar surface area (TPSA) is 87.1 Å². The minimum atomic E-state index is -0.444. The molecule has 0 amide bonds. The maximum absolute atomic E-state index is 12.1. The first kappa shape index (κ1) is 21.1. The Morgan fingerprint density at radius 3 is 2.58 bits per heavy atom. The molecule has 6 nitrogen and oxygen atoms in total. The number of nitrogens with one attached hydrogen (secondary N) is 2. The van der Waals surface area contributed by atoms with Crippen LogP contribution in [0.5, 0.6) is 0 Å². The van der Waals surface area contributed by atoms with Crippen LogP contribution in [0.25, 0.3) is 0 Å². The molecule has 24 heavy (non-hydrogen) atoms. The van der Waals surface area contributed by atoms with Crippen LogP contribution in [0.4, 0.5) is 11.5 Å². The van der Waals surface area contributed by atoms with Crippen LogP contribution < -0.4 is 16.6 Å². The summed E-state index contributed by atoms with van der Waals surface area (Å²) in [6.45, 7) is 4.50. The summed E-state index contributed by atoms with van der Waals surface area (Å²) in [5, 5.41) is 11.8. The van der Waals surface area contributed by atoms with E-state index >= 15 is 0 Å². The molecule has 1 radical (unpaired) electrons. The molecule has 2 rings (SSSR count). The third kappa shape index (κ3) is 5.58. The molecule has 0 saturated heterocycles. The number of hydrogen-bond acceptors (Lipinski definition) is 4. The number of aliphatic hydroxyl groups excluding tert-OH is 1. The second-order valence-electron chi connectivity index (χ2n) is 5.53. The zero-order valence-electron chi connectivity index (χ0n) is 14.1. The van der Waals surface area contributed by atoms with Crippen molar-refractivity contribution in [3.05, 3.63) is 56.2 Å². The number of hydrogen-bond donors (Lipinski definition) is 3. The van der Waals surface area contributed by atoms with Gasteiger partial charge in [-0.25, -0.2) is 4.79 Å². The summed E-state index contributed by atoms with van der Waals surface area (Å²) in [7, 11) is 0. The maximum Gasteiger partial charge on any atom is 0.329 e. The summed E-state index contributed by atoms with van der Waals surface area (Å²) in [4.78, 5) is 26.8. The molecule has 0 fully saturated rings. The Bertz CT molecular complexity index is 752. The Hall–Kier alpha value is -0.898. The molecule has 127 valence electrons. The van der Waals surface area contributed by atoms with E-state index in [1.54, 1.807) is 0 Å². The Balaban J connectivity index is 0.00000288. The first-order valence-electron chi connectivity index (χ1n) is 7.86. The van der Waals surface area contributed by atoms with E-state index in [9.17, 15) is 9.59 Å². The van der Waals surface area contributed by atoms with Crippen LogP contribution in [0.15, 0.2) is 33.9 Å². The molecule has 0 unspecified atom stereocenters. The first-order chi connectivity index (χ1) is 11.0. The fourth-order valence-electron chi connectivity index (χ4n) is 2.47. The van der Waals surface area contributed by atoms with Gasteiger partial charge in [0, 0.05) is 69.0 Å². The van der Waals surface area contributed by atoms with Crippen LogP contribution in [0, 0.1) is 51.0 Å². The van der Waals surface area contributed by atoms with Crippen LogP contribution in [-0.2, 0) is 13.0 Å². The van der Waals surface area contributed by atoms with Gasteiger partial charge in [0.2, 0.25) is 0 Å². The fourth-order valence-corrected chi connectivity index (χ4v) is 2.47. The molecule has 1 aromatic carbocycles. The van der Waals surface area contributed by atoms with Gasteiger partial charge < -0.3 is 10.4 Å². The van der Waals surface area contributed by atoms with Crippen LogP contribution in [0.3, 0.4) is 0 Å². The molecule has 1 aromatic heterocycles. The minimum absolute atomic E-state index is 0. The Kier molecular flexibility index (Phi) is 8.96. The van der Waals surface area contributed by atoms with Crippen molar-refractivity contribution in [3.8, 4) is 0 Å². The van der Waals surface area contributed by atoms with Crippen molar-refractivity contribution in [1.82, 2.24) is 9.55 Å². The number of aliphatic hydroxyl groups is 1. The van der Waals surface area contributed by atoms with Crippen molar-refractivity contribution < 1.29 is 49.2 Å². The minimum Gasteiger partial charge on any atom is -0.396 e. The molecular weight excluding hydrogens is 521 g/mol. The van der Waals surface area contributed by atoms with E-state index in [1.165, 1.54) is 17.2 Å². The van der Waals surface area contributed by atoms with Crippen LogP contribution >= 0.6 is 0 Å². The van der Waals surface area contributed by atoms with E-state index in [0.29, 0.717) is 25.2 Å². The Morgan fingerprint density at radius 1 is 1.21 bits per heavy atom. The number of rotatable bonds is 7. The molecule has 2 aromatic rings. The van der Waals surface area contributed by atoms with Gasteiger partial charge in [-0.15, -0.1) is 0 Å². The SMILES string of the molecule is CCc1cc(Nc2cc(=O)n(CCCCO)c(=O)[nH]2)ccc1C.[Ac]. The summed E-state index contributed by atoms with van der Waals surface area (Å²) in [5.74, 6) is 0.379. The van der Waals surface area contributed by atoms with E-state index in [0.717, 1.165) is 16.7 Å². The number of unbranched alkanes of at least 4 members (excludes halogenated alkanes) is 1. The zero-order valence-corrected chi connectivity index (χ0v) is 18.9. The van der Waals surface area contributed by atoms with E-state index in [4.69, 9.17) is 5.11 Å². The standard InChI is InChI=1S/C17H23N3O3.Ac/c1-3-13-10-14(7-6-12(13)2)18-15-11-16(22)20(17(23)19-15)8-4-5-9-21;/h6-7,10-11,18,21H,3-5,8-9H2,1-2H3,(H,19,23);. The van der Waals surface area contributed by atoms with E-state index in [1.807, 2.05) is 18.2 Å². The van der Waals surface area contributed by atoms with E-state index in [-0.39, 0.29) is 56.2 Å². The number of aromatic amines is 1. The van der Waals surface area contributed by atoms with Crippen molar-refractivity contribution in [2.75, 3.05) is 11.9 Å². The number of benzene rings is 1. The second-order valence-corrected chi connectivity index (χ2v) is 5.53. The van der Waals surface area contributed by atoms with E-state index in [2.05, 4.69) is 24.1 Å². The Labute approximate surface area is 176 Å². The van der Waals surface area contributed by atoms with Crippen molar-refractivity contribution in [2.24, 2.45) is 0 Å². The molecule has 0 atom stereocenters. The normalized spacial score (nSPS) is 10.3. The number of H-pyrrole nitrogens is 1. The van der Waals surface area contributed by atoms with Gasteiger partial charge in [-0.05, 0) is 49.4 Å². The van der Waals surface area contributed by atoms with Gasteiger partial charge in [0.05, 0.1) is 0 Å². The van der Waals surface area contributed by atoms with Crippen LogP contribution in [0.1, 0.15) is 30.9 Å². The third-order valence-corrected chi connectivity index (χ3v) is 3.82. The molecule has 0 saturated carbocycles. The molecular formula is C17H23AcN3O3. The van der Waals surface area contributed by atoms with Gasteiger partial charge >= 0.3 is 5.69 Å².